The highest BCUT2D eigenvalue weighted by Crippen LogP contribution is 2.13. The Morgan fingerprint density at radius 2 is 1.88 bits per heavy atom. The van der Waals surface area contributed by atoms with Gasteiger partial charge in [0.25, 0.3) is 5.91 Å². The van der Waals surface area contributed by atoms with Gasteiger partial charge >= 0.3 is 11.9 Å². The molecule has 1 aromatic carbocycles. The lowest BCUT2D eigenvalue weighted by molar-refractivity contribution is -0.142. The van der Waals surface area contributed by atoms with E-state index in [-0.39, 0.29) is 17.7 Å². The zero-order valence-electron chi connectivity index (χ0n) is 13.4. The van der Waals surface area contributed by atoms with Gasteiger partial charge in [-0.1, -0.05) is 23.8 Å². The van der Waals surface area contributed by atoms with Crippen molar-refractivity contribution in [2.75, 3.05) is 19.6 Å². The first-order valence-corrected chi connectivity index (χ1v) is 7.63. The van der Waals surface area contributed by atoms with Gasteiger partial charge in [-0.2, -0.15) is 0 Å². The predicted octanol–water partition coefficient (Wildman–Crippen LogP) is 1.22. The van der Waals surface area contributed by atoms with Crippen LogP contribution in [0.2, 0.25) is 0 Å². The molecule has 7 nitrogen and oxygen atoms in total. The molecule has 1 heterocycles. The second-order valence-electron chi connectivity index (χ2n) is 5.71. The first-order chi connectivity index (χ1) is 11.4. The van der Waals surface area contributed by atoms with Crippen molar-refractivity contribution in [3.05, 3.63) is 47.0 Å². The summed E-state index contributed by atoms with van der Waals surface area (Å²) in [6.07, 6.45) is 2.76. The Labute approximate surface area is 139 Å². The maximum atomic E-state index is 12.2. The zero-order valence-corrected chi connectivity index (χ0v) is 13.4. The van der Waals surface area contributed by atoms with Crippen molar-refractivity contribution in [1.29, 1.82) is 0 Å². The molecule has 0 fully saturated rings. The zero-order chi connectivity index (χ0) is 17.7. The van der Waals surface area contributed by atoms with Crippen LogP contribution in [0.4, 0.5) is 0 Å². The standard InChI is InChI=1S/C17H20N2O5/c1-11-6-8-19(9-7-11)14(17(23)24)10-18-15(20)12-4-2-3-5-13(12)16(21)22/h2-6,14H,7-10H2,1H3,(H,18,20)(H,21,22)(H,23,24). The van der Waals surface area contributed by atoms with Crippen LogP contribution in [0, 0.1) is 0 Å². The Bertz CT molecular complexity index is 683. The summed E-state index contributed by atoms with van der Waals surface area (Å²) in [6, 6.07) is 4.98. The first kappa shape index (κ1) is 17.7. The van der Waals surface area contributed by atoms with E-state index in [1.165, 1.54) is 23.8 Å². The van der Waals surface area contributed by atoms with Crippen LogP contribution in [0.15, 0.2) is 35.9 Å². The Morgan fingerprint density at radius 3 is 2.42 bits per heavy atom. The topological polar surface area (TPSA) is 107 Å². The molecule has 0 saturated heterocycles. The van der Waals surface area contributed by atoms with Gasteiger partial charge in [-0.15, -0.1) is 0 Å². The highest BCUT2D eigenvalue weighted by atomic mass is 16.4. The number of aliphatic carboxylic acids is 1. The molecule has 0 bridgehead atoms. The van der Waals surface area contributed by atoms with Crippen molar-refractivity contribution in [1.82, 2.24) is 10.2 Å². The van der Waals surface area contributed by atoms with Crippen molar-refractivity contribution in [3.63, 3.8) is 0 Å². The van der Waals surface area contributed by atoms with Crippen LogP contribution in [-0.4, -0.2) is 58.6 Å². The molecule has 24 heavy (non-hydrogen) atoms. The molecule has 3 N–H and O–H groups in total. The van der Waals surface area contributed by atoms with E-state index in [0.29, 0.717) is 13.1 Å². The number of carboxylic acids is 2. The lowest BCUT2D eigenvalue weighted by Gasteiger charge is -2.31. The third-order valence-corrected chi connectivity index (χ3v) is 4.05. The van der Waals surface area contributed by atoms with Crippen LogP contribution in [-0.2, 0) is 4.79 Å². The molecule has 0 aromatic heterocycles. The summed E-state index contributed by atoms with van der Waals surface area (Å²) in [6.45, 7) is 3.04. The monoisotopic (exact) mass is 332 g/mol. The smallest absolute Gasteiger partial charge is 0.336 e. The summed E-state index contributed by atoms with van der Waals surface area (Å²) < 4.78 is 0. The minimum absolute atomic E-state index is 0.0172. The quantitative estimate of drug-likeness (QED) is 0.676. The Morgan fingerprint density at radius 1 is 1.21 bits per heavy atom. The van der Waals surface area contributed by atoms with Gasteiger partial charge in [0.05, 0.1) is 11.1 Å². The summed E-state index contributed by atoms with van der Waals surface area (Å²) in [5.41, 5.74) is 1.12. The fourth-order valence-electron chi connectivity index (χ4n) is 2.59. The molecule has 1 aliphatic heterocycles. The van der Waals surface area contributed by atoms with Gasteiger partial charge in [0, 0.05) is 19.6 Å². The summed E-state index contributed by atoms with van der Waals surface area (Å²) in [5, 5.41) is 21.1. The first-order valence-electron chi connectivity index (χ1n) is 7.63. The molecule has 0 aliphatic carbocycles. The lowest BCUT2D eigenvalue weighted by atomic mass is 10.1. The Balaban J connectivity index is 2.06. The molecular formula is C17H20N2O5. The Hall–Kier alpha value is -2.67. The minimum atomic E-state index is -1.20. The van der Waals surface area contributed by atoms with Gasteiger partial charge in [0.2, 0.25) is 0 Å². The van der Waals surface area contributed by atoms with E-state index in [0.717, 1.165) is 6.42 Å². The molecule has 128 valence electrons. The normalized spacial score (nSPS) is 16.1. The number of amides is 1. The van der Waals surface area contributed by atoms with Crippen LogP contribution in [0.25, 0.3) is 0 Å². The Kier molecular flexibility index (Phi) is 5.70. The third-order valence-electron chi connectivity index (χ3n) is 4.05. The van der Waals surface area contributed by atoms with E-state index in [2.05, 4.69) is 5.32 Å². The molecule has 0 radical (unpaired) electrons. The molecule has 1 atom stereocenters. The van der Waals surface area contributed by atoms with Gasteiger partial charge in [-0.25, -0.2) is 4.79 Å². The second-order valence-corrected chi connectivity index (χ2v) is 5.71. The molecule has 1 aromatic rings. The maximum absolute atomic E-state index is 12.2. The van der Waals surface area contributed by atoms with Crippen LogP contribution in [0.1, 0.15) is 34.1 Å². The average Bonchev–Trinajstić information content (AvgIpc) is 2.56. The number of carbonyl (C=O) groups excluding carboxylic acids is 1. The summed E-state index contributed by atoms with van der Waals surface area (Å²) >= 11 is 0. The number of rotatable bonds is 6. The van der Waals surface area contributed by atoms with Crippen LogP contribution in [0.3, 0.4) is 0 Å². The second kappa shape index (κ2) is 7.74. The van der Waals surface area contributed by atoms with Crippen molar-refractivity contribution in [2.45, 2.75) is 19.4 Å². The van der Waals surface area contributed by atoms with Crippen LogP contribution < -0.4 is 5.32 Å². The maximum Gasteiger partial charge on any atom is 0.336 e. The number of carboxylic acid groups (broad SMARTS) is 2. The van der Waals surface area contributed by atoms with E-state index >= 15 is 0 Å². The van der Waals surface area contributed by atoms with E-state index < -0.39 is 23.9 Å². The number of aromatic carboxylic acids is 1. The lowest BCUT2D eigenvalue weighted by Crippen LogP contribution is -2.50. The largest absolute Gasteiger partial charge is 0.480 e. The van der Waals surface area contributed by atoms with E-state index in [4.69, 9.17) is 5.11 Å². The van der Waals surface area contributed by atoms with Gasteiger partial charge in [0.15, 0.2) is 0 Å². The fraction of sp³-hybridized carbons (Fsp3) is 0.353. The van der Waals surface area contributed by atoms with Crippen LogP contribution >= 0.6 is 0 Å². The highest BCUT2D eigenvalue weighted by molar-refractivity contribution is 6.04. The number of nitrogens with one attached hydrogen (secondary N) is 1. The summed E-state index contributed by atoms with van der Waals surface area (Å²) in [4.78, 5) is 36.7. The van der Waals surface area contributed by atoms with Gasteiger partial charge in [-0.3, -0.25) is 14.5 Å². The number of carbonyl (C=O) groups is 3. The van der Waals surface area contributed by atoms with Crippen molar-refractivity contribution < 1.29 is 24.6 Å². The fourth-order valence-corrected chi connectivity index (χ4v) is 2.59. The molecule has 1 unspecified atom stereocenters. The molecule has 7 heteroatoms. The van der Waals surface area contributed by atoms with E-state index in [9.17, 15) is 19.5 Å². The third kappa shape index (κ3) is 4.20. The van der Waals surface area contributed by atoms with E-state index in [1.807, 2.05) is 13.0 Å². The number of benzene rings is 1. The molecule has 1 amide bonds. The number of hydrogen-bond donors (Lipinski definition) is 3. The average molecular weight is 332 g/mol. The molecule has 0 saturated carbocycles. The minimum Gasteiger partial charge on any atom is -0.480 e. The van der Waals surface area contributed by atoms with Crippen molar-refractivity contribution in [2.24, 2.45) is 0 Å². The predicted molar refractivity (Wildman–Crippen MR) is 87.1 cm³/mol. The van der Waals surface area contributed by atoms with Gasteiger partial charge in [0.1, 0.15) is 6.04 Å². The summed E-state index contributed by atoms with van der Waals surface area (Å²) in [5.74, 6) is -2.81. The SMILES string of the molecule is CC1=CCN(C(CNC(=O)c2ccccc2C(=O)O)C(=O)O)CC1. The highest BCUT2D eigenvalue weighted by Gasteiger charge is 2.27. The van der Waals surface area contributed by atoms with Crippen LogP contribution in [0.5, 0.6) is 0 Å². The van der Waals surface area contributed by atoms with Gasteiger partial charge < -0.3 is 15.5 Å². The van der Waals surface area contributed by atoms with Gasteiger partial charge in [-0.05, 0) is 25.5 Å². The van der Waals surface area contributed by atoms with Crippen molar-refractivity contribution in [3.8, 4) is 0 Å². The molecule has 1 aliphatic rings. The molecule has 2 rings (SSSR count). The summed E-state index contributed by atoms with van der Waals surface area (Å²) in [7, 11) is 0. The number of hydrogen-bond acceptors (Lipinski definition) is 4. The molecule has 0 spiro atoms. The van der Waals surface area contributed by atoms with Crippen molar-refractivity contribution >= 4 is 17.8 Å². The number of nitrogens with zero attached hydrogens (tertiary/aromatic N) is 1. The molecular weight excluding hydrogens is 312 g/mol. The van der Waals surface area contributed by atoms with E-state index in [1.54, 1.807) is 11.0 Å².